The van der Waals surface area contributed by atoms with Crippen molar-refractivity contribution in [2.24, 2.45) is 0 Å². The number of amides is 1. The highest BCUT2D eigenvalue weighted by Gasteiger charge is 2.17. The van der Waals surface area contributed by atoms with Crippen LogP contribution < -0.4 is 14.8 Å². The van der Waals surface area contributed by atoms with Crippen molar-refractivity contribution < 1.29 is 14.3 Å². The Morgan fingerprint density at radius 2 is 1.79 bits per heavy atom. The van der Waals surface area contributed by atoms with E-state index < -0.39 is 0 Å². The minimum Gasteiger partial charge on any atom is -0.486 e. The van der Waals surface area contributed by atoms with Gasteiger partial charge in [0.05, 0.1) is 0 Å². The van der Waals surface area contributed by atoms with Gasteiger partial charge in [-0.1, -0.05) is 36.4 Å². The molecule has 4 heteroatoms. The number of nitrogens with one attached hydrogen (secondary N) is 1. The van der Waals surface area contributed by atoms with Gasteiger partial charge in [0.15, 0.2) is 11.5 Å². The van der Waals surface area contributed by atoms with E-state index in [1.165, 1.54) is 0 Å². The summed E-state index contributed by atoms with van der Waals surface area (Å²) in [6.45, 7) is 3.02. The Balaban J connectivity index is 1.68. The van der Waals surface area contributed by atoms with Crippen LogP contribution >= 0.6 is 0 Å². The highest BCUT2D eigenvalue weighted by Crippen LogP contribution is 2.36. The van der Waals surface area contributed by atoms with Gasteiger partial charge in [-0.25, -0.2) is 0 Å². The molecule has 0 fully saturated rings. The van der Waals surface area contributed by atoms with Gasteiger partial charge in [0.2, 0.25) is 0 Å². The zero-order valence-corrected chi connectivity index (χ0v) is 13.3. The number of hydrogen-bond acceptors (Lipinski definition) is 3. The van der Waals surface area contributed by atoms with Gasteiger partial charge < -0.3 is 14.8 Å². The van der Waals surface area contributed by atoms with Gasteiger partial charge in [-0.2, -0.15) is 0 Å². The number of hydrogen-bond donors (Lipinski definition) is 1. The Labute approximate surface area is 140 Å². The van der Waals surface area contributed by atoms with Gasteiger partial charge >= 0.3 is 0 Å². The molecule has 0 atom stereocenters. The molecule has 3 aromatic carbocycles. The maximum Gasteiger partial charge on any atom is 0.256 e. The zero-order chi connectivity index (χ0) is 16.5. The molecule has 4 nitrogen and oxygen atoms in total. The van der Waals surface area contributed by atoms with Crippen LogP contribution in [0.4, 0.5) is 5.69 Å². The molecule has 1 aliphatic rings. The van der Waals surface area contributed by atoms with Crippen molar-refractivity contribution in [1.29, 1.82) is 0 Å². The molecule has 120 valence electrons. The van der Waals surface area contributed by atoms with Crippen LogP contribution in [-0.4, -0.2) is 19.1 Å². The van der Waals surface area contributed by atoms with Gasteiger partial charge in [-0.3, -0.25) is 4.79 Å². The molecule has 0 bridgehead atoms. The summed E-state index contributed by atoms with van der Waals surface area (Å²) in [5, 5.41) is 4.95. The Kier molecular flexibility index (Phi) is 3.58. The van der Waals surface area contributed by atoms with Crippen molar-refractivity contribution in [2.45, 2.75) is 6.92 Å². The second-order valence-electron chi connectivity index (χ2n) is 5.80. The number of carbonyl (C=O) groups is 1. The molecule has 3 aromatic rings. The third-order valence-electron chi connectivity index (χ3n) is 4.12. The van der Waals surface area contributed by atoms with Crippen LogP contribution in [0.3, 0.4) is 0 Å². The normalized spacial score (nSPS) is 12.9. The summed E-state index contributed by atoms with van der Waals surface area (Å²) < 4.78 is 11.2. The molecular weight excluding hydrogens is 302 g/mol. The van der Waals surface area contributed by atoms with E-state index in [0.717, 1.165) is 22.1 Å². The third kappa shape index (κ3) is 2.56. The second-order valence-corrected chi connectivity index (χ2v) is 5.80. The standard InChI is InChI=1S/C20H17NO3/c1-13-11-15(12-18-19(13)24-10-9-23-18)21-20(22)17-8-4-6-14-5-2-3-7-16(14)17/h2-8,11-12H,9-10H2,1H3,(H,21,22). The van der Waals surface area contributed by atoms with Crippen LogP contribution in [0.25, 0.3) is 10.8 Å². The van der Waals surface area contributed by atoms with Crippen molar-refractivity contribution in [1.82, 2.24) is 0 Å². The highest BCUT2D eigenvalue weighted by atomic mass is 16.6. The SMILES string of the molecule is Cc1cc(NC(=O)c2cccc3ccccc23)cc2c1OCCO2. The minimum atomic E-state index is -0.136. The predicted octanol–water partition coefficient (Wildman–Crippen LogP) is 4.17. The average Bonchev–Trinajstić information content (AvgIpc) is 2.61. The fraction of sp³-hybridized carbons (Fsp3) is 0.150. The first-order valence-electron chi connectivity index (χ1n) is 7.92. The summed E-state index contributed by atoms with van der Waals surface area (Å²) >= 11 is 0. The van der Waals surface area contributed by atoms with Crippen molar-refractivity contribution in [3.8, 4) is 11.5 Å². The summed E-state index contributed by atoms with van der Waals surface area (Å²) in [5.41, 5.74) is 2.30. The zero-order valence-electron chi connectivity index (χ0n) is 13.3. The van der Waals surface area contributed by atoms with Gasteiger partial charge in [0.25, 0.3) is 5.91 Å². The molecule has 1 heterocycles. The number of carbonyl (C=O) groups excluding carboxylic acids is 1. The van der Waals surface area contributed by atoms with Gasteiger partial charge in [0, 0.05) is 17.3 Å². The summed E-state index contributed by atoms with van der Waals surface area (Å²) in [6, 6.07) is 17.3. The first-order chi connectivity index (χ1) is 11.7. The third-order valence-corrected chi connectivity index (χ3v) is 4.12. The lowest BCUT2D eigenvalue weighted by Gasteiger charge is -2.21. The lowest BCUT2D eigenvalue weighted by molar-refractivity contribution is 0.102. The largest absolute Gasteiger partial charge is 0.486 e. The minimum absolute atomic E-state index is 0.136. The smallest absolute Gasteiger partial charge is 0.256 e. The van der Waals surface area contributed by atoms with E-state index in [1.807, 2.05) is 61.5 Å². The fourth-order valence-corrected chi connectivity index (χ4v) is 3.02. The molecule has 4 rings (SSSR count). The Bertz CT molecular complexity index is 928. The van der Waals surface area contributed by atoms with Gasteiger partial charge in [-0.15, -0.1) is 0 Å². The quantitative estimate of drug-likeness (QED) is 0.771. The maximum absolute atomic E-state index is 12.7. The molecule has 0 aliphatic carbocycles. The maximum atomic E-state index is 12.7. The number of fused-ring (bicyclic) bond motifs is 2. The molecule has 0 saturated heterocycles. The Hall–Kier alpha value is -3.01. The predicted molar refractivity (Wildman–Crippen MR) is 94.1 cm³/mol. The van der Waals surface area contributed by atoms with Crippen LogP contribution in [0.15, 0.2) is 54.6 Å². The molecule has 0 saturated carbocycles. The number of anilines is 1. The molecule has 0 spiro atoms. The second kappa shape index (κ2) is 5.89. The summed E-state index contributed by atoms with van der Waals surface area (Å²) in [4.78, 5) is 12.7. The van der Waals surface area contributed by atoms with E-state index in [4.69, 9.17) is 9.47 Å². The first-order valence-corrected chi connectivity index (χ1v) is 7.92. The Morgan fingerprint density at radius 3 is 2.71 bits per heavy atom. The topological polar surface area (TPSA) is 47.6 Å². The van der Waals surface area contributed by atoms with E-state index in [1.54, 1.807) is 0 Å². The molecule has 0 unspecified atom stereocenters. The van der Waals surface area contributed by atoms with E-state index in [2.05, 4.69) is 5.32 Å². The number of aryl methyl sites for hydroxylation is 1. The molecule has 0 radical (unpaired) electrons. The highest BCUT2D eigenvalue weighted by molar-refractivity contribution is 6.13. The molecular formula is C20H17NO3. The molecule has 1 N–H and O–H groups in total. The number of ether oxygens (including phenoxy) is 2. The molecule has 1 aliphatic heterocycles. The van der Waals surface area contributed by atoms with E-state index >= 15 is 0 Å². The van der Waals surface area contributed by atoms with Crippen molar-refractivity contribution >= 4 is 22.4 Å². The summed E-state index contributed by atoms with van der Waals surface area (Å²) in [7, 11) is 0. The number of rotatable bonds is 2. The lowest BCUT2D eigenvalue weighted by atomic mass is 10.0. The molecule has 1 amide bonds. The van der Waals surface area contributed by atoms with E-state index in [-0.39, 0.29) is 5.91 Å². The number of benzene rings is 3. The monoisotopic (exact) mass is 319 g/mol. The lowest BCUT2D eigenvalue weighted by Crippen LogP contribution is -2.17. The summed E-state index contributed by atoms with van der Waals surface area (Å²) in [6.07, 6.45) is 0. The van der Waals surface area contributed by atoms with Gasteiger partial charge in [0.1, 0.15) is 13.2 Å². The van der Waals surface area contributed by atoms with Crippen molar-refractivity contribution in [3.63, 3.8) is 0 Å². The van der Waals surface area contributed by atoms with Crippen LogP contribution in [0.5, 0.6) is 11.5 Å². The van der Waals surface area contributed by atoms with Crippen LogP contribution in [-0.2, 0) is 0 Å². The van der Waals surface area contributed by atoms with Crippen LogP contribution in [0.1, 0.15) is 15.9 Å². The molecule has 24 heavy (non-hydrogen) atoms. The van der Waals surface area contributed by atoms with E-state index in [9.17, 15) is 4.79 Å². The van der Waals surface area contributed by atoms with Crippen molar-refractivity contribution in [3.05, 3.63) is 65.7 Å². The van der Waals surface area contributed by atoms with Gasteiger partial charge in [-0.05, 0) is 35.4 Å². The Morgan fingerprint density at radius 1 is 1.00 bits per heavy atom. The molecule has 0 aromatic heterocycles. The average molecular weight is 319 g/mol. The summed E-state index contributed by atoms with van der Waals surface area (Å²) in [5.74, 6) is 1.29. The van der Waals surface area contributed by atoms with Crippen molar-refractivity contribution in [2.75, 3.05) is 18.5 Å². The fourth-order valence-electron chi connectivity index (χ4n) is 3.02. The van der Waals surface area contributed by atoms with E-state index in [0.29, 0.717) is 30.2 Å². The first kappa shape index (κ1) is 14.6. The van der Waals surface area contributed by atoms with Crippen LogP contribution in [0.2, 0.25) is 0 Å². The van der Waals surface area contributed by atoms with Crippen LogP contribution in [0, 0.1) is 6.92 Å².